The average molecular weight is 506 g/mol. The molecule has 0 bridgehead atoms. The maximum atomic E-state index is 14.4. The maximum absolute atomic E-state index is 14.4. The highest BCUT2D eigenvalue weighted by atomic mass is 19.1. The first-order valence-electron chi connectivity index (χ1n) is 11.4. The maximum Gasteiger partial charge on any atom is 0.349 e. The van der Waals surface area contributed by atoms with E-state index in [0.717, 1.165) is 4.68 Å². The van der Waals surface area contributed by atoms with Crippen LogP contribution in [-0.2, 0) is 0 Å². The van der Waals surface area contributed by atoms with Gasteiger partial charge >= 0.3 is 5.69 Å². The summed E-state index contributed by atoms with van der Waals surface area (Å²) in [5.74, 6) is 0.648. The molecule has 2 aromatic carbocycles. The molecule has 0 aliphatic carbocycles. The largest absolute Gasteiger partial charge is 0.493 e. The van der Waals surface area contributed by atoms with Gasteiger partial charge in [0.15, 0.2) is 29.0 Å². The van der Waals surface area contributed by atoms with Gasteiger partial charge in [0.2, 0.25) is 5.75 Å². The van der Waals surface area contributed by atoms with E-state index in [0.29, 0.717) is 53.7 Å². The SMILES string of the molecule is COc1cc([C@H](Nc2ccc(C(=N)N)cc2)c2nn(-c3ncccc3F)c(=O)[nH]2)cc2c1OCCCO2. The summed E-state index contributed by atoms with van der Waals surface area (Å²) in [6.45, 7) is 0.953. The lowest BCUT2D eigenvalue weighted by atomic mass is 10.0. The van der Waals surface area contributed by atoms with Gasteiger partial charge in [0, 0.05) is 23.9 Å². The second-order valence-corrected chi connectivity index (χ2v) is 8.21. The van der Waals surface area contributed by atoms with Crippen LogP contribution >= 0.6 is 0 Å². The third kappa shape index (κ3) is 4.81. The Labute approximate surface area is 210 Å². The molecule has 5 N–H and O–H groups in total. The van der Waals surface area contributed by atoms with Gasteiger partial charge in [-0.1, -0.05) is 0 Å². The summed E-state index contributed by atoms with van der Waals surface area (Å²) in [6, 6.07) is 12.3. The Bertz CT molecular complexity index is 1500. The number of hydrogen-bond donors (Lipinski definition) is 4. The Morgan fingerprint density at radius 3 is 2.76 bits per heavy atom. The van der Waals surface area contributed by atoms with E-state index < -0.39 is 17.5 Å². The van der Waals surface area contributed by atoms with E-state index in [1.165, 1.54) is 25.4 Å². The highest BCUT2D eigenvalue weighted by Crippen LogP contribution is 2.42. The van der Waals surface area contributed by atoms with E-state index in [1.54, 1.807) is 36.4 Å². The number of methoxy groups -OCH3 is 1. The molecule has 1 aliphatic heterocycles. The monoisotopic (exact) mass is 505 g/mol. The molecule has 0 saturated carbocycles. The van der Waals surface area contributed by atoms with Crippen molar-refractivity contribution in [2.75, 3.05) is 25.6 Å². The zero-order chi connectivity index (χ0) is 25.9. The number of rotatable bonds is 7. The lowest BCUT2D eigenvalue weighted by molar-refractivity contribution is 0.289. The number of aromatic nitrogens is 4. The molecule has 1 atom stereocenters. The molecule has 2 aromatic heterocycles. The summed E-state index contributed by atoms with van der Waals surface area (Å²) in [5.41, 5.74) is 6.77. The number of benzene rings is 2. The van der Waals surface area contributed by atoms with Crippen LogP contribution in [0.5, 0.6) is 17.2 Å². The van der Waals surface area contributed by atoms with Gasteiger partial charge in [-0.25, -0.2) is 14.2 Å². The molecule has 3 heterocycles. The van der Waals surface area contributed by atoms with E-state index in [9.17, 15) is 9.18 Å². The highest BCUT2D eigenvalue weighted by molar-refractivity contribution is 5.95. The van der Waals surface area contributed by atoms with Gasteiger partial charge in [-0.3, -0.25) is 10.4 Å². The van der Waals surface area contributed by atoms with E-state index in [1.807, 2.05) is 0 Å². The number of nitrogens with two attached hydrogens (primary N) is 1. The first kappa shape index (κ1) is 23.9. The second kappa shape index (κ2) is 10.0. The second-order valence-electron chi connectivity index (χ2n) is 8.21. The molecule has 0 fully saturated rings. The fraction of sp³-hybridized carbons (Fsp3) is 0.200. The van der Waals surface area contributed by atoms with Gasteiger partial charge in [-0.2, -0.15) is 4.68 Å². The number of ether oxygens (including phenoxy) is 3. The first-order valence-corrected chi connectivity index (χ1v) is 11.4. The molecule has 12 heteroatoms. The van der Waals surface area contributed by atoms with Crippen molar-refractivity contribution in [1.29, 1.82) is 5.41 Å². The number of H-pyrrole nitrogens is 1. The van der Waals surface area contributed by atoms with Crippen molar-refractivity contribution < 1.29 is 18.6 Å². The number of nitrogens with zero attached hydrogens (tertiary/aromatic N) is 3. The minimum atomic E-state index is -0.727. The fourth-order valence-corrected chi connectivity index (χ4v) is 3.95. The van der Waals surface area contributed by atoms with Gasteiger partial charge in [0.1, 0.15) is 11.9 Å². The van der Waals surface area contributed by atoms with Crippen LogP contribution in [0.3, 0.4) is 0 Å². The van der Waals surface area contributed by atoms with Gasteiger partial charge < -0.3 is 25.3 Å². The number of aromatic amines is 1. The van der Waals surface area contributed by atoms with Crippen LogP contribution in [-0.4, -0.2) is 45.9 Å². The van der Waals surface area contributed by atoms with Gasteiger partial charge in [0.25, 0.3) is 0 Å². The Kier molecular flexibility index (Phi) is 6.45. The van der Waals surface area contributed by atoms with Crippen molar-refractivity contribution in [3.8, 4) is 23.1 Å². The molecular formula is C25H24FN7O4. The van der Waals surface area contributed by atoms with Crippen molar-refractivity contribution in [2.45, 2.75) is 12.5 Å². The highest BCUT2D eigenvalue weighted by Gasteiger charge is 2.26. The summed E-state index contributed by atoms with van der Waals surface area (Å²) in [5, 5.41) is 15.3. The Morgan fingerprint density at radius 1 is 1.24 bits per heavy atom. The van der Waals surface area contributed by atoms with Crippen LogP contribution < -0.4 is 31.0 Å². The molecule has 1 aliphatic rings. The first-order chi connectivity index (χ1) is 17.9. The van der Waals surface area contributed by atoms with Gasteiger partial charge in [0.05, 0.1) is 20.3 Å². The molecule has 4 aromatic rings. The number of halogens is 1. The molecular weight excluding hydrogens is 481 g/mol. The number of amidine groups is 1. The number of hydrogen-bond acceptors (Lipinski definition) is 8. The Hall–Kier alpha value is -4.87. The van der Waals surface area contributed by atoms with E-state index in [4.69, 9.17) is 25.4 Å². The third-order valence-corrected chi connectivity index (χ3v) is 5.74. The van der Waals surface area contributed by atoms with Crippen molar-refractivity contribution in [2.24, 2.45) is 5.73 Å². The predicted molar refractivity (Wildman–Crippen MR) is 133 cm³/mol. The third-order valence-electron chi connectivity index (χ3n) is 5.74. The summed E-state index contributed by atoms with van der Waals surface area (Å²) >= 11 is 0. The quantitative estimate of drug-likeness (QED) is 0.221. The van der Waals surface area contributed by atoms with Crippen LogP contribution in [0.2, 0.25) is 0 Å². The molecule has 11 nitrogen and oxygen atoms in total. The number of nitrogen functional groups attached to an aromatic ring is 1. The summed E-state index contributed by atoms with van der Waals surface area (Å²) in [6.07, 6.45) is 2.09. The number of fused-ring (bicyclic) bond motifs is 1. The van der Waals surface area contributed by atoms with E-state index >= 15 is 0 Å². The molecule has 0 radical (unpaired) electrons. The molecule has 0 unspecified atom stereocenters. The summed E-state index contributed by atoms with van der Waals surface area (Å²) in [7, 11) is 1.52. The summed E-state index contributed by atoms with van der Waals surface area (Å²) < 4.78 is 32.6. The lowest BCUT2D eigenvalue weighted by Crippen LogP contribution is -2.18. The molecule has 0 saturated heterocycles. The van der Waals surface area contributed by atoms with Gasteiger partial charge in [-0.05, 0) is 54.1 Å². The smallest absolute Gasteiger partial charge is 0.349 e. The number of pyridine rings is 1. The number of nitrogens with one attached hydrogen (secondary N) is 3. The standard InChI is InChI=1S/C25H24FN7O4/c1-35-18-12-15(13-19-21(18)37-11-3-10-36-19)20(30-16-7-5-14(6-8-16)22(27)28)23-31-25(34)33(32-23)24-17(26)4-2-9-29-24/h2,4-9,12-13,20,30H,3,10-11H2,1H3,(H3,27,28)(H,31,32,34)/t20-/m0/s1. The van der Waals surface area contributed by atoms with Crippen molar-refractivity contribution in [1.82, 2.24) is 19.7 Å². The summed E-state index contributed by atoms with van der Waals surface area (Å²) in [4.78, 5) is 19.5. The van der Waals surface area contributed by atoms with Crippen LogP contribution in [0.15, 0.2) is 59.5 Å². The van der Waals surface area contributed by atoms with Crippen LogP contribution in [0.1, 0.15) is 29.4 Å². The zero-order valence-electron chi connectivity index (χ0n) is 19.8. The van der Waals surface area contributed by atoms with E-state index in [-0.39, 0.29) is 17.5 Å². The fourth-order valence-electron chi connectivity index (χ4n) is 3.95. The minimum absolute atomic E-state index is 0.0591. The molecule has 0 amide bonds. The molecule has 0 spiro atoms. The predicted octanol–water partition coefficient (Wildman–Crippen LogP) is 2.75. The topological polar surface area (TPSA) is 153 Å². The van der Waals surface area contributed by atoms with Gasteiger partial charge in [-0.15, -0.1) is 5.10 Å². The van der Waals surface area contributed by atoms with Crippen LogP contribution in [0.25, 0.3) is 5.82 Å². The molecule has 190 valence electrons. The zero-order valence-corrected chi connectivity index (χ0v) is 19.8. The Balaban J connectivity index is 1.62. The molecule has 37 heavy (non-hydrogen) atoms. The van der Waals surface area contributed by atoms with Crippen molar-refractivity contribution >= 4 is 11.5 Å². The van der Waals surface area contributed by atoms with Crippen molar-refractivity contribution in [3.05, 3.63) is 88.0 Å². The number of anilines is 1. The lowest BCUT2D eigenvalue weighted by Gasteiger charge is -2.21. The normalized spacial score (nSPS) is 13.5. The molecule has 5 rings (SSSR count). The average Bonchev–Trinajstić information content (AvgIpc) is 3.12. The van der Waals surface area contributed by atoms with Crippen LogP contribution in [0, 0.1) is 11.2 Å². The van der Waals surface area contributed by atoms with Crippen molar-refractivity contribution in [3.63, 3.8) is 0 Å². The Morgan fingerprint density at radius 2 is 2.03 bits per heavy atom. The van der Waals surface area contributed by atoms with Crippen LogP contribution in [0.4, 0.5) is 10.1 Å². The van der Waals surface area contributed by atoms with E-state index in [2.05, 4.69) is 20.4 Å². The minimum Gasteiger partial charge on any atom is -0.493 e.